The molecule has 0 aromatic heterocycles. The van der Waals surface area contributed by atoms with E-state index in [2.05, 4.69) is 0 Å². The number of carbonyl (C=O) groups excluding carboxylic acids is 1. The first-order valence-corrected chi connectivity index (χ1v) is 9.75. The molecule has 0 radical (unpaired) electrons. The average molecular weight is 437 g/mol. The van der Waals surface area contributed by atoms with Crippen molar-refractivity contribution in [2.45, 2.75) is 18.3 Å². The van der Waals surface area contributed by atoms with Gasteiger partial charge in [0.25, 0.3) is 5.69 Å². The zero-order valence-electron chi connectivity index (χ0n) is 17.6. The molecular weight excluding hydrogens is 414 g/mol. The lowest BCUT2D eigenvalue weighted by Gasteiger charge is -2.36. The second-order valence-electron chi connectivity index (χ2n) is 6.98. The number of ether oxygens (including phenoxy) is 3. The lowest BCUT2D eigenvalue weighted by atomic mass is 9.83. The second-order valence-corrected chi connectivity index (χ2v) is 6.98. The molecule has 0 aliphatic heterocycles. The fourth-order valence-corrected chi connectivity index (χ4v) is 3.38. The van der Waals surface area contributed by atoms with Gasteiger partial charge >= 0.3 is 5.97 Å². The smallest absolute Gasteiger partial charge is 0.346 e. The lowest BCUT2D eigenvalue weighted by Crippen LogP contribution is -2.45. The van der Waals surface area contributed by atoms with Crippen molar-refractivity contribution in [2.24, 2.45) is 0 Å². The van der Waals surface area contributed by atoms with Crippen LogP contribution in [-0.2, 0) is 26.5 Å². The number of benzene rings is 3. The van der Waals surface area contributed by atoms with Crippen molar-refractivity contribution in [1.29, 1.82) is 0 Å². The zero-order valence-corrected chi connectivity index (χ0v) is 17.6. The molecule has 1 N–H and O–H groups in total. The van der Waals surface area contributed by atoms with Crippen molar-refractivity contribution in [1.82, 2.24) is 0 Å². The summed E-state index contributed by atoms with van der Waals surface area (Å²) in [6, 6.07) is 20.9. The molecule has 0 aliphatic carbocycles. The predicted molar refractivity (Wildman–Crippen MR) is 116 cm³/mol. The minimum Gasteiger partial charge on any atom is -0.497 e. The number of hydrogen-bond acceptors (Lipinski definition) is 7. The number of rotatable bonds is 9. The van der Waals surface area contributed by atoms with E-state index in [9.17, 15) is 20.0 Å². The Balaban J connectivity index is 2.11. The van der Waals surface area contributed by atoms with Gasteiger partial charge in [0.1, 0.15) is 11.9 Å². The molecule has 0 saturated carbocycles. The molecule has 0 heterocycles. The molecule has 0 fully saturated rings. The van der Waals surface area contributed by atoms with Crippen LogP contribution < -0.4 is 4.74 Å². The standard InChI is InChI=1S/C24H23NO7/c1-30-21-14-10-19(11-15-21)24(23(27)31-2,32-16-17-6-4-3-5-7-17)22(26)18-8-12-20(13-9-18)25(28)29/h3-15,22,26H,16H2,1-2H3/t22-,24-/m0/s1. The van der Waals surface area contributed by atoms with Crippen LogP contribution in [0.4, 0.5) is 5.69 Å². The summed E-state index contributed by atoms with van der Waals surface area (Å²) in [5.41, 5.74) is -0.700. The van der Waals surface area contributed by atoms with E-state index in [0.29, 0.717) is 11.3 Å². The van der Waals surface area contributed by atoms with Crippen LogP contribution in [0.5, 0.6) is 5.75 Å². The van der Waals surface area contributed by atoms with Crippen LogP contribution in [0.2, 0.25) is 0 Å². The third kappa shape index (κ3) is 4.61. The maximum absolute atomic E-state index is 13.2. The van der Waals surface area contributed by atoms with E-state index in [1.54, 1.807) is 24.3 Å². The van der Waals surface area contributed by atoms with Gasteiger partial charge in [-0.15, -0.1) is 0 Å². The Morgan fingerprint density at radius 1 is 1.00 bits per heavy atom. The van der Waals surface area contributed by atoms with Crippen molar-refractivity contribution < 1.29 is 29.0 Å². The monoisotopic (exact) mass is 437 g/mol. The van der Waals surface area contributed by atoms with E-state index in [1.807, 2.05) is 30.3 Å². The Labute approximate surface area is 185 Å². The number of esters is 1. The van der Waals surface area contributed by atoms with E-state index in [0.717, 1.165) is 5.56 Å². The molecule has 0 bridgehead atoms. The normalized spacial score (nSPS) is 13.6. The van der Waals surface area contributed by atoms with Gasteiger partial charge in [0.15, 0.2) is 0 Å². The Morgan fingerprint density at radius 3 is 2.16 bits per heavy atom. The largest absolute Gasteiger partial charge is 0.497 e. The summed E-state index contributed by atoms with van der Waals surface area (Å²) in [6.45, 7) is 0.00596. The van der Waals surface area contributed by atoms with Gasteiger partial charge in [-0.1, -0.05) is 42.5 Å². The number of nitro groups is 1. The highest BCUT2D eigenvalue weighted by Crippen LogP contribution is 2.41. The molecule has 8 heteroatoms. The molecule has 8 nitrogen and oxygen atoms in total. The van der Waals surface area contributed by atoms with Crippen molar-refractivity contribution in [2.75, 3.05) is 14.2 Å². The fraction of sp³-hybridized carbons (Fsp3) is 0.208. The summed E-state index contributed by atoms with van der Waals surface area (Å²) in [7, 11) is 2.72. The molecule has 3 aromatic rings. The highest BCUT2D eigenvalue weighted by atomic mass is 16.6. The number of nitrogens with zero attached hydrogens (tertiary/aromatic N) is 1. The molecule has 2 atom stereocenters. The topological polar surface area (TPSA) is 108 Å². The third-order valence-corrected chi connectivity index (χ3v) is 5.12. The Kier molecular flexibility index (Phi) is 7.19. The fourth-order valence-electron chi connectivity index (χ4n) is 3.38. The summed E-state index contributed by atoms with van der Waals surface area (Å²) in [5, 5.41) is 22.4. The number of aliphatic hydroxyl groups excluding tert-OH is 1. The van der Waals surface area contributed by atoms with Crippen LogP contribution in [0, 0.1) is 10.1 Å². The van der Waals surface area contributed by atoms with Crippen LogP contribution in [-0.4, -0.2) is 30.2 Å². The number of carbonyl (C=O) groups is 1. The quantitative estimate of drug-likeness (QED) is 0.307. The first-order valence-electron chi connectivity index (χ1n) is 9.75. The SMILES string of the molecule is COC(=O)[C@](OCc1ccccc1)(c1ccc(OC)cc1)[C@@H](O)c1ccc([N+](=O)[O-])cc1. The Morgan fingerprint density at radius 2 is 1.62 bits per heavy atom. The predicted octanol–water partition coefficient (Wildman–Crippen LogP) is 3.92. The summed E-state index contributed by atoms with van der Waals surface area (Å²) in [6.07, 6.45) is -1.52. The maximum atomic E-state index is 13.2. The van der Waals surface area contributed by atoms with E-state index in [4.69, 9.17) is 14.2 Å². The summed E-state index contributed by atoms with van der Waals surface area (Å²) in [5.74, 6) is -0.259. The molecule has 0 saturated heterocycles. The van der Waals surface area contributed by atoms with Crippen molar-refractivity contribution >= 4 is 11.7 Å². The minimum absolute atomic E-state index is 0.00596. The number of methoxy groups -OCH3 is 2. The van der Waals surface area contributed by atoms with E-state index < -0.39 is 22.6 Å². The summed E-state index contributed by atoms with van der Waals surface area (Å²) < 4.78 is 16.4. The van der Waals surface area contributed by atoms with Gasteiger partial charge in [0.05, 0.1) is 25.7 Å². The van der Waals surface area contributed by atoms with Crippen LogP contribution in [0.3, 0.4) is 0 Å². The molecule has 0 amide bonds. The molecule has 166 valence electrons. The van der Waals surface area contributed by atoms with E-state index in [1.165, 1.54) is 38.5 Å². The van der Waals surface area contributed by atoms with Crippen molar-refractivity contribution in [3.05, 3.63) is 106 Å². The number of nitro benzene ring substituents is 1. The second kappa shape index (κ2) is 10.0. The molecule has 32 heavy (non-hydrogen) atoms. The lowest BCUT2D eigenvalue weighted by molar-refractivity contribution is -0.384. The van der Waals surface area contributed by atoms with Crippen LogP contribution in [0.25, 0.3) is 0 Å². The highest BCUT2D eigenvalue weighted by Gasteiger charge is 2.50. The summed E-state index contributed by atoms with van der Waals surface area (Å²) >= 11 is 0. The molecule has 0 spiro atoms. The van der Waals surface area contributed by atoms with Gasteiger partial charge in [-0.25, -0.2) is 4.79 Å². The zero-order chi connectivity index (χ0) is 23.1. The van der Waals surface area contributed by atoms with Crippen LogP contribution in [0.15, 0.2) is 78.9 Å². The van der Waals surface area contributed by atoms with Gasteiger partial charge < -0.3 is 19.3 Å². The molecule has 3 aromatic carbocycles. The minimum atomic E-state index is -1.94. The van der Waals surface area contributed by atoms with Crippen LogP contribution >= 0.6 is 0 Å². The third-order valence-electron chi connectivity index (χ3n) is 5.12. The molecule has 0 unspecified atom stereocenters. The van der Waals surface area contributed by atoms with Gasteiger partial charge in [-0.3, -0.25) is 10.1 Å². The van der Waals surface area contributed by atoms with Gasteiger partial charge in [-0.2, -0.15) is 0 Å². The Bertz CT molecular complexity index is 1050. The Hall–Kier alpha value is -3.75. The van der Waals surface area contributed by atoms with E-state index >= 15 is 0 Å². The number of non-ortho nitro benzene ring substituents is 1. The summed E-state index contributed by atoms with van der Waals surface area (Å²) in [4.78, 5) is 23.6. The van der Waals surface area contributed by atoms with Gasteiger partial charge in [0.2, 0.25) is 5.60 Å². The number of hydrogen-bond donors (Lipinski definition) is 1. The average Bonchev–Trinajstić information content (AvgIpc) is 2.85. The van der Waals surface area contributed by atoms with Crippen LogP contribution in [0.1, 0.15) is 22.8 Å². The van der Waals surface area contributed by atoms with Crippen molar-refractivity contribution in [3.8, 4) is 5.75 Å². The molecular formula is C24H23NO7. The first-order chi connectivity index (χ1) is 15.4. The number of aliphatic hydroxyl groups is 1. The van der Waals surface area contributed by atoms with Crippen molar-refractivity contribution in [3.63, 3.8) is 0 Å². The molecule has 0 aliphatic rings. The maximum Gasteiger partial charge on any atom is 0.346 e. The highest BCUT2D eigenvalue weighted by molar-refractivity contribution is 5.82. The molecule has 3 rings (SSSR count). The first kappa shape index (κ1) is 22.9. The van der Waals surface area contributed by atoms with Gasteiger partial charge in [-0.05, 0) is 41.0 Å². The van der Waals surface area contributed by atoms with E-state index in [-0.39, 0.29) is 17.9 Å². The van der Waals surface area contributed by atoms with Gasteiger partial charge in [0, 0.05) is 12.1 Å².